The first-order valence-corrected chi connectivity index (χ1v) is 9.97. The number of alkyl halides is 3. The number of hydrogen-bond acceptors (Lipinski definition) is 6. The molecule has 2 saturated heterocycles. The third-order valence-corrected chi connectivity index (χ3v) is 5.70. The average molecular weight is 421 g/mol. The third kappa shape index (κ3) is 5.89. The number of thiazole rings is 1. The zero-order chi connectivity index (χ0) is 20.3. The molecule has 0 unspecified atom stereocenters. The Balaban J connectivity index is 0.000000279. The first-order valence-electron chi connectivity index (χ1n) is 9.09. The second kappa shape index (κ2) is 8.75. The number of halogens is 3. The molecule has 3 atom stereocenters. The molecule has 4 rings (SSSR count). The van der Waals surface area contributed by atoms with Gasteiger partial charge >= 0.3 is 12.1 Å². The highest BCUT2D eigenvalue weighted by molar-refractivity contribution is 7.09. The van der Waals surface area contributed by atoms with Gasteiger partial charge in [-0.1, -0.05) is 0 Å². The van der Waals surface area contributed by atoms with Crippen molar-refractivity contribution in [3.05, 3.63) is 16.6 Å². The van der Waals surface area contributed by atoms with Gasteiger partial charge in [-0.25, -0.2) is 9.78 Å². The van der Waals surface area contributed by atoms with E-state index in [1.807, 2.05) is 11.6 Å². The van der Waals surface area contributed by atoms with Crippen LogP contribution in [0.5, 0.6) is 0 Å². The van der Waals surface area contributed by atoms with E-state index in [4.69, 9.17) is 14.6 Å². The minimum absolute atomic E-state index is 0.110. The van der Waals surface area contributed by atoms with Crippen molar-refractivity contribution in [2.45, 2.75) is 56.7 Å². The van der Waals surface area contributed by atoms with Gasteiger partial charge in [-0.2, -0.15) is 13.2 Å². The lowest BCUT2D eigenvalue weighted by Gasteiger charge is -2.33. The first kappa shape index (κ1) is 21.0. The first-order chi connectivity index (χ1) is 13.2. The molecule has 1 amide bonds. The van der Waals surface area contributed by atoms with Crippen LogP contribution in [0.2, 0.25) is 0 Å². The number of fused-ring (bicyclic) bond motifs is 1. The molecule has 11 heteroatoms. The maximum atomic E-state index is 12.1. The number of carboxylic acid groups (broad SMARTS) is 1. The molecule has 2 aliphatic heterocycles. The summed E-state index contributed by atoms with van der Waals surface area (Å²) in [7, 11) is 0. The number of piperidine rings is 1. The zero-order valence-corrected chi connectivity index (χ0v) is 15.8. The van der Waals surface area contributed by atoms with Gasteiger partial charge in [0.15, 0.2) is 0 Å². The van der Waals surface area contributed by atoms with Crippen molar-refractivity contribution in [2.75, 3.05) is 13.1 Å². The van der Waals surface area contributed by atoms with E-state index in [1.165, 1.54) is 0 Å². The summed E-state index contributed by atoms with van der Waals surface area (Å²) < 4.78 is 37.8. The molecule has 3 aliphatic rings. The predicted octanol–water partition coefficient (Wildman–Crippen LogP) is 2.03. The fourth-order valence-electron chi connectivity index (χ4n) is 3.35. The zero-order valence-electron chi connectivity index (χ0n) is 15.0. The molecular formula is C17H22F3N3O4S. The number of amides is 1. The van der Waals surface area contributed by atoms with Crippen LogP contribution in [0.15, 0.2) is 11.6 Å². The maximum Gasteiger partial charge on any atom is 0.490 e. The van der Waals surface area contributed by atoms with Crippen molar-refractivity contribution in [2.24, 2.45) is 5.92 Å². The number of nitrogens with one attached hydrogen (secondary N) is 1. The van der Waals surface area contributed by atoms with Crippen molar-refractivity contribution in [3.8, 4) is 0 Å². The van der Waals surface area contributed by atoms with E-state index >= 15 is 0 Å². The standard InChI is InChI=1S/C15H21N3O2S.C2HF3O2/c19-15(17-11-1-2-11)12-7-10-3-5-18(8-13(10)20-12)9-14-16-4-6-21-14;3-2(4,5)1(6)7/h4,6,10-13H,1-3,5,7-9H2,(H,17,19);(H,6,7)/t10-,12+,13+;/m0./s1. The quantitative estimate of drug-likeness (QED) is 0.773. The lowest BCUT2D eigenvalue weighted by Crippen LogP contribution is -2.42. The topological polar surface area (TPSA) is 91.8 Å². The Hall–Kier alpha value is -1.72. The van der Waals surface area contributed by atoms with Crippen molar-refractivity contribution in [1.29, 1.82) is 0 Å². The number of ether oxygens (including phenoxy) is 1. The summed E-state index contributed by atoms with van der Waals surface area (Å²) in [5, 5.41) is 13.4. The number of nitrogens with zero attached hydrogens (tertiary/aromatic N) is 2. The van der Waals surface area contributed by atoms with Crippen molar-refractivity contribution in [1.82, 2.24) is 15.2 Å². The lowest BCUT2D eigenvalue weighted by atomic mass is 9.91. The number of hydrogen-bond donors (Lipinski definition) is 2. The Bertz CT molecular complexity index is 682. The highest BCUT2D eigenvalue weighted by atomic mass is 32.1. The molecule has 0 bridgehead atoms. The van der Waals surface area contributed by atoms with E-state index in [2.05, 4.69) is 15.2 Å². The minimum atomic E-state index is -5.08. The van der Waals surface area contributed by atoms with Gasteiger partial charge < -0.3 is 15.2 Å². The molecule has 1 saturated carbocycles. The molecule has 1 aliphatic carbocycles. The molecule has 1 aromatic heterocycles. The van der Waals surface area contributed by atoms with Crippen LogP contribution in [0.25, 0.3) is 0 Å². The average Bonchev–Trinajstić information content (AvgIpc) is 3.11. The van der Waals surface area contributed by atoms with E-state index in [0.29, 0.717) is 12.0 Å². The number of carbonyl (C=O) groups is 2. The van der Waals surface area contributed by atoms with Crippen molar-refractivity contribution in [3.63, 3.8) is 0 Å². The summed E-state index contributed by atoms with van der Waals surface area (Å²) in [6, 6.07) is 0.421. The number of rotatable bonds is 4. The van der Waals surface area contributed by atoms with Crippen molar-refractivity contribution < 1.29 is 32.6 Å². The van der Waals surface area contributed by atoms with E-state index in [1.54, 1.807) is 11.3 Å². The molecule has 156 valence electrons. The van der Waals surface area contributed by atoms with Crippen LogP contribution in [0.1, 0.15) is 30.7 Å². The predicted molar refractivity (Wildman–Crippen MR) is 93.6 cm³/mol. The van der Waals surface area contributed by atoms with Crippen LogP contribution >= 0.6 is 11.3 Å². The van der Waals surface area contributed by atoms with Gasteiger partial charge in [0.05, 0.1) is 12.6 Å². The number of carbonyl (C=O) groups excluding carboxylic acids is 1. The van der Waals surface area contributed by atoms with Gasteiger partial charge in [-0.15, -0.1) is 11.3 Å². The normalized spacial score (nSPS) is 27.5. The lowest BCUT2D eigenvalue weighted by molar-refractivity contribution is -0.192. The van der Waals surface area contributed by atoms with Gasteiger partial charge in [-0.05, 0) is 38.1 Å². The Morgan fingerprint density at radius 2 is 2.07 bits per heavy atom. The highest BCUT2D eigenvalue weighted by Gasteiger charge is 2.42. The van der Waals surface area contributed by atoms with E-state index in [0.717, 1.165) is 50.3 Å². The number of aliphatic carboxylic acids is 1. The SMILES string of the molecule is O=C(NC1CC1)[C@H]1C[C@@H]2CCN(Cc3nccs3)C[C@H]2O1.O=C(O)C(F)(F)F. The fourth-order valence-corrected chi connectivity index (χ4v) is 4.01. The Kier molecular flexibility index (Phi) is 6.56. The van der Waals surface area contributed by atoms with Crippen LogP contribution in [0, 0.1) is 5.92 Å². The molecule has 2 N–H and O–H groups in total. The smallest absolute Gasteiger partial charge is 0.475 e. The van der Waals surface area contributed by atoms with Gasteiger partial charge in [0.25, 0.3) is 0 Å². The van der Waals surface area contributed by atoms with E-state index < -0.39 is 12.1 Å². The number of carboxylic acids is 1. The van der Waals surface area contributed by atoms with Crippen LogP contribution < -0.4 is 5.32 Å². The van der Waals surface area contributed by atoms with E-state index in [-0.39, 0.29) is 18.1 Å². The molecule has 0 aromatic carbocycles. The summed E-state index contributed by atoms with van der Waals surface area (Å²) in [6.45, 7) is 2.92. The van der Waals surface area contributed by atoms with Crippen LogP contribution in [0.3, 0.4) is 0 Å². The number of likely N-dealkylation sites (tertiary alicyclic amines) is 1. The summed E-state index contributed by atoms with van der Waals surface area (Å²) in [4.78, 5) is 27.8. The second-order valence-corrected chi connectivity index (χ2v) is 8.17. The third-order valence-electron chi connectivity index (χ3n) is 4.94. The largest absolute Gasteiger partial charge is 0.490 e. The summed E-state index contributed by atoms with van der Waals surface area (Å²) in [5.74, 6) is -2.10. The van der Waals surface area contributed by atoms with Gasteiger partial charge in [0.2, 0.25) is 5.91 Å². The van der Waals surface area contributed by atoms with E-state index in [9.17, 15) is 18.0 Å². The highest BCUT2D eigenvalue weighted by Crippen LogP contribution is 2.34. The summed E-state index contributed by atoms with van der Waals surface area (Å²) >= 11 is 1.70. The van der Waals surface area contributed by atoms with Gasteiger partial charge in [-0.3, -0.25) is 9.69 Å². The molecule has 7 nitrogen and oxygen atoms in total. The number of aromatic nitrogens is 1. The van der Waals surface area contributed by atoms with Crippen LogP contribution in [0.4, 0.5) is 13.2 Å². The Morgan fingerprint density at radius 1 is 1.36 bits per heavy atom. The van der Waals surface area contributed by atoms with Gasteiger partial charge in [0.1, 0.15) is 11.1 Å². The molecule has 0 radical (unpaired) electrons. The fraction of sp³-hybridized carbons (Fsp3) is 0.706. The minimum Gasteiger partial charge on any atom is -0.475 e. The maximum absolute atomic E-state index is 12.1. The Labute approximate surface area is 163 Å². The van der Waals surface area contributed by atoms with Gasteiger partial charge in [0, 0.05) is 24.2 Å². The monoisotopic (exact) mass is 421 g/mol. The summed E-state index contributed by atoms with van der Waals surface area (Å²) in [5.41, 5.74) is 0. The van der Waals surface area contributed by atoms with Crippen molar-refractivity contribution >= 4 is 23.2 Å². The molecular weight excluding hydrogens is 399 g/mol. The van der Waals surface area contributed by atoms with Crippen LogP contribution in [-0.2, 0) is 20.9 Å². The Morgan fingerprint density at radius 3 is 2.64 bits per heavy atom. The second-order valence-electron chi connectivity index (χ2n) is 7.19. The molecule has 3 fully saturated rings. The summed E-state index contributed by atoms with van der Waals surface area (Å²) in [6.07, 6.45) is 1.06. The molecule has 0 spiro atoms. The van der Waals surface area contributed by atoms with Crippen LogP contribution in [-0.4, -0.2) is 64.4 Å². The molecule has 3 heterocycles. The molecule has 28 heavy (non-hydrogen) atoms. The molecule has 1 aromatic rings.